The van der Waals surface area contributed by atoms with E-state index in [1.165, 1.54) is 65.7 Å². The molecule has 0 amide bonds. The average molecular weight is 522 g/mol. The van der Waals surface area contributed by atoms with Gasteiger partial charge in [0, 0.05) is 0 Å². The molecule has 0 spiro atoms. The third-order valence-electron chi connectivity index (χ3n) is 7.92. The van der Waals surface area contributed by atoms with Gasteiger partial charge in [0.2, 0.25) is 0 Å². The number of rotatable bonds is 5. The van der Waals surface area contributed by atoms with Crippen molar-refractivity contribution in [1.29, 1.82) is 5.26 Å². The maximum absolute atomic E-state index is 9.02. The summed E-state index contributed by atoms with van der Waals surface area (Å²) >= 11 is 0. The smallest absolute Gasteiger partial charge is 0.0991 e. The van der Waals surface area contributed by atoms with Gasteiger partial charge in [-0.25, -0.2) is 0 Å². The normalized spacial score (nSPS) is 11.4. The van der Waals surface area contributed by atoms with E-state index in [1.807, 2.05) is 24.3 Å². The highest BCUT2D eigenvalue weighted by Gasteiger charge is 2.18. The first-order chi connectivity index (χ1) is 20.3. The molecule has 1 nitrogen and oxygen atoms in total. The molecule has 192 valence electrons. The van der Waals surface area contributed by atoms with Crippen LogP contribution in [0.1, 0.15) is 16.7 Å². The van der Waals surface area contributed by atoms with Crippen LogP contribution in [-0.2, 0) is 6.42 Å². The van der Waals surface area contributed by atoms with Crippen molar-refractivity contribution in [3.8, 4) is 28.3 Å². The van der Waals surface area contributed by atoms with Crippen LogP contribution in [0, 0.1) is 11.3 Å². The SMILES string of the molecule is N#Cc1ccc(C/C=C/c2ccc(-c3c4ccccc4c(-c4ccccc4)c4c3ccc3ccccc34)cc2)cc1. The van der Waals surface area contributed by atoms with Gasteiger partial charge in [-0.1, -0.05) is 140 Å². The van der Waals surface area contributed by atoms with Crippen LogP contribution in [-0.4, -0.2) is 0 Å². The minimum Gasteiger partial charge on any atom is -0.192 e. The Morgan fingerprint density at radius 3 is 1.88 bits per heavy atom. The first-order valence-electron chi connectivity index (χ1n) is 14.0. The second-order valence-electron chi connectivity index (χ2n) is 10.4. The molecule has 0 aromatic heterocycles. The average Bonchev–Trinajstić information content (AvgIpc) is 3.04. The van der Waals surface area contributed by atoms with E-state index in [0.717, 1.165) is 6.42 Å². The molecule has 41 heavy (non-hydrogen) atoms. The predicted molar refractivity (Wildman–Crippen MR) is 174 cm³/mol. The molecule has 0 saturated heterocycles. The number of hydrogen-bond donors (Lipinski definition) is 0. The third-order valence-corrected chi connectivity index (χ3v) is 7.92. The fourth-order valence-corrected chi connectivity index (χ4v) is 5.97. The molecule has 7 rings (SSSR count). The van der Waals surface area contributed by atoms with Gasteiger partial charge in [0.1, 0.15) is 0 Å². The number of benzene rings is 7. The summed E-state index contributed by atoms with van der Waals surface area (Å²) in [5.41, 5.74) is 8.07. The summed E-state index contributed by atoms with van der Waals surface area (Å²) in [5, 5.41) is 16.6. The highest BCUT2D eigenvalue weighted by Crippen LogP contribution is 2.46. The Hall–Kier alpha value is -5.45. The summed E-state index contributed by atoms with van der Waals surface area (Å²) in [7, 11) is 0. The van der Waals surface area contributed by atoms with Crippen molar-refractivity contribution in [2.75, 3.05) is 0 Å². The molecule has 7 aromatic carbocycles. The fourth-order valence-electron chi connectivity index (χ4n) is 5.97. The van der Waals surface area contributed by atoms with Gasteiger partial charge in [-0.15, -0.1) is 0 Å². The molecule has 1 heteroatoms. The van der Waals surface area contributed by atoms with Crippen molar-refractivity contribution in [1.82, 2.24) is 0 Å². The van der Waals surface area contributed by atoms with Gasteiger partial charge in [0.15, 0.2) is 0 Å². The van der Waals surface area contributed by atoms with Gasteiger partial charge < -0.3 is 0 Å². The van der Waals surface area contributed by atoms with Crippen LogP contribution < -0.4 is 0 Å². The minimum absolute atomic E-state index is 0.693. The van der Waals surface area contributed by atoms with Crippen LogP contribution >= 0.6 is 0 Å². The largest absolute Gasteiger partial charge is 0.192 e. The van der Waals surface area contributed by atoms with E-state index in [4.69, 9.17) is 5.26 Å². The van der Waals surface area contributed by atoms with Gasteiger partial charge in [0.05, 0.1) is 11.6 Å². The molecule has 7 aromatic rings. The zero-order valence-corrected chi connectivity index (χ0v) is 22.6. The van der Waals surface area contributed by atoms with Gasteiger partial charge in [-0.05, 0) is 84.3 Å². The molecule has 0 N–H and O–H groups in total. The van der Waals surface area contributed by atoms with E-state index in [9.17, 15) is 0 Å². The number of allylic oxidation sites excluding steroid dienone is 1. The maximum Gasteiger partial charge on any atom is 0.0991 e. The van der Waals surface area contributed by atoms with Crippen molar-refractivity contribution in [3.05, 3.63) is 162 Å². The van der Waals surface area contributed by atoms with Gasteiger partial charge in [-0.3, -0.25) is 0 Å². The standard InChI is InChI=1S/C40H27N/c41-27-30-19-17-28(18-20-30)9-8-10-29-21-23-33(24-22-29)38-35-15-6-7-16-36(35)39(32-12-2-1-3-13-32)40-34-14-5-4-11-31(34)25-26-37(38)40/h1-8,10-26H,9H2/b10-8+. The second kappa shape index (κ2) is 10.6. The maximum atomic E-state index is 9.02. The number of hydrogen-bond acceptors (Lipinski definition) is 1. The lowest BCUT2D eigenvalue weighted by molar-refractivity contribution is 1.27. The van der Waals surface area contributed by atoms with Crippen molar-refractivity contribution in [2.45, 2.75) is 6.42 Å². The first kappa shape index (κ1) is 24.6. The van der Waals surface area contributed by atoms with Crippen LogP contribution in [0.15, 0.2) is 146 Å². The highest BCUT2D eigenvalue weighted by atomic mass is 14.2. The van der Waals surface area contributed by atoms with E-state index in [2.05, 4.69) is 133 Å². The van der Waals surface area contributed by atoms with Crippen LogP contribution in [0.2, 0.25) is 0 Å². The second-order valence-corrected chi connectivity index (χ2v) is 10.4. The Bertz CT molecular complexity index is 2090. The molecule has 0 heterocycles. The number of nitriles is 1. The van der Waals surface area contributed by atoms with E-state index < -0.39 is 0 Å². The molecular formula is C40H27N. The Labute approximate surface area is 240 Å². The van der Waals surface area contributed by atoms with E-state index >= 15 is 0 Å². The molecule has 0 aliphatic rings. The predicted octanol–water partition coefficient (Wildman–Crippen LogP) is 10.6. The van der Waals surface area contributed by atoms with Crippen molar-refractivity contribution < 1.29 is 0 Å². The molecule has 0 fully saturated rings. The summed E-state index contributed by atoms with van der Waals surface area (Å²) < 4.78 is 0. The number of nitrogens with zero attached hydrogens (tertiary/aromatic N) is 1. The lowest BCUT2D eigenvalue weighted by atomic mass is 9.84. The molecule has 0 atom stereocenters. The molecular weight excluding hydrogens is 494 g/mol. The van der Waals surface area contributed by atoms with Crippen molar-refractivity contribution >= 4 is 38.4 Å². The third kappa shape index (κ3) is 4.56. The lowest BCUT2D eigenvalue weighted by Crippen LogP contribution is -1.92. The summed E-state index contributed by atoms with van der Waals surface area (Å²) in [6, 6.07) is 51.8. The van der Waals surface area contributed by atoms with Crippen LogP contribution in [0.4, 0.5) is 0 Å². The summed E-state index contributed by atoms with van der Waals surface area (Å²) in [5.74, 6) is 0. The summed E-state index contributed by atoms with van der Waals surface area (Å²) in [6.07, 6.45) is 5.18. The molecule has 0 aliphatic carbocycles. The molecule has 0 unspecified atom stereocenters. The van der Waals surface area contributed by atoms with E-state index in [-0.39, 0.29) is 0 Å². The molecule has 0 radical (unpaired) electrons. The monoisotopic (exact) mass is 521 g/mol. The van der Waals surface area contributed by atoms with E-state index in [1.54, 1.807) is 0 Å². The Morgan fingerprint density at radius 2 is 1.15 bits per heavy atom. The van der Waals surface area contributed by atoms with Crippen molar-refractivity contribution in [3.63, 3.8) is 0 Å². The van der Waals surface area contributed by atoms with Crippen LogP contribution in [0.25, 0.3) is 60.6 Å². The first-order valence-corrected chi connectivity index (χ1v) is 14.0. The Balaban J connectivity index is 1.37. The van der Waals surface area contributed by atoms with Gasteiger partial charge >= 0.3 is 0 Å². The Kier molecular flexibility index (Phi) is 6.36. The molecule has 0 bridgehead atoms. The number of fused-ring (bicyclic) bond motifs is 4. The summed E-state index contributed by atoms with van der Waals surface area (Å²) in [6.45, 7) is 0. The zero-order valence-electron chi connectivity index (χ0n) is 22.6. The topological polar surface area (TPSA) is 23.8 Å². The van der Waals surface area contributed by atoms with Crippen molar-refractivity contribution in [2.24, 2.45) is 0 Å². The van der Waals surface area contributed by atoms with E-state index in [0.29, 0.717) is 5.56 Å². The summed E-state index contributed by atoms with van der Waals surface area (Å²) in [4.78, 5) is 0. The minimum atomic E-state index is 0.693. The lowest BCUT2D eigenvalue weighted by Gasteiger charge is -2.19. The van der Waals surface area contributed by atoms with Crippen LogP contribution in [0.3, 0.4) is 0 Å². The quantitative estimate of drug-likeness (QED) is 0.163. The Morgan fingerprint density at radius 1 is 0.512 bits per heavy atom. The van der Waals surface area contributed by atoms with Gasteiger partial charge in [-0.2, -0.15) is 5.26 Å². The highest BCUT2D eigenvalue weighted by molar-refractivity contribution is 6.27. The van der Waals surface area contributed by atoms with Crippen LogP contribution in [0.5, 0.6) is 0 Å². The fraction of sp³-hybridized carbons (Fsp3) is 0.0250. The van der Waals surface area contributed by atoms with Gasteiger partial charge in [0.25, 0.3) is 0 Å². The molecule has 0 aliphatic heterocycles. The zero-order chi connectivity index (χ0) is 27.6. The molecule has 0 saturated carbocycles.